The lowest BCUT2D eigenvalue weighted by Crippen LogP contribution is -2.40. The maximum absolute atomic E-state index is 13.1. The number of esters is 1. The molecule has 1 atom stereocenters. The highest BCUT2D eigenvalue weighted by Crippen LogP contribution is 2.25. The molecule has 0 N–H and O–H groups in total. The van der Waals surface area contributed by atoms with Crippen LogP contribution in [0.15, 0.2) is 41.7 Å². The number of rotatable bonds is 5. The van der Waals surface area contributed by atoms with E-state index in [2.05, 4.69) is 9.97 Å². The zero-order valence-corrected chi connectivity index (χ0v) is 16.5. The summed E-state index contributed by atoms with van der Waals surface area (Å²) >= 11 is 7.36. The van der Waals surface area contributed by atoms with Crippen molar-refractivity contribution in [2.45, 2.75) is 30.5 Å². The van der Waals surface area contributed by atoms with Gasteiger partial charge in [-0.25, -0.2) is 14.8 Å². The van der Waals surface area contributed by atoms with Crippen LogP contribution >= 0.6 is 23.4 Å². The van der Waals surface area contributed by atoms with Gasteiger partial charge in [0, 0.05) is 18.7 Å². The van der Waals surface area contributed by atoms with Crippen molar-refractivity contribution in [1.29, 1.82) is 0 Å². The van der Waals surface area contributed by atoms with E-state index >= 15 is 0 Å². The molecule has 1 aromatic heterocycles. The molecule has 142 valence electrons. The molecule has 1 fully saturated rings. The van der Waals surface area contributed by atoms with Crippen molar-refractivity contribution < 1.29 is 14.3 Å². The molecule has 8 heteroatoms. The van der Waals surface area contributed by atoms with Gasteiger partial charge in [0.05, 0.1) is 11.2 Å². The van der Waals surface area contributed by atoms with Crippen molar-refractivity contribution in [3.63, 3.8) is 0 Å². The van der Waals surface area contributed by atoms with Crippen LogP contribution in [-0.4, -0.2) is 46.1 Å². The first-order valence-electron chi connectivity index (χ1n) is 8.71. The van der Waals surface area contributed by atoms with E-state index in [4.69, 9.17) is 16.3 Å². The first-order chi connectivity index (χ1) is 13.1. The Kier molecular flexibility index (Phi) is 6.68. The Labute approximate surface area is 167 Å². The van der Waals surface area contributed by atoms with Crippen molar-refractivity contribution in [3.8, 4) is 0 Å². The van der Waals surface area contributed by atoms with Gasteiger partial charge >= 0.3 is 5.97 Å². The van der Waals surface area contributed by atoms with Crippen molar-refractivity contribution >= 4 is 35.2 Å². The van der Waals surface area contributed by atoms with E-state index in [0.717, 1.165) is 19.3 Å². The number of amides is 1. The summed E-state index contributed by atoms with van der Waals surface area (Å²) in [7, 11) is 0. The number of thioether (sulfide) groups is 1. The van der Waals surface area contributed by atoms with E-state index in [1.54, 1.807) is 23.3 Å². The monoisotopic (exact) mass is 405 g/mol. The molecule has 6 nitrogen and oxygen atoms in total. The molecule has 2 heterocycles. The van der Waals surface area contributed by atoms with Crippen LogP contribution in [0.5, 0.6) is 0 Å². The minimum atomic E-state index is -1.03. The summed E-state index contributed by atoms with van der Waals surface area (Å²) in [6, 6.07) is 9.01. The van der Waals surface area contributed by atoms with Gasteiger partial charge in [-0.1, -0.05) is 53.7 Å². The number of ether oxygens (including phenoxy) is 1. The molecule has 3 rings (SSSR count). The van der Waals surface area contributed by atoms with Crippen molar-refractivity contribution in [2.24, 2.45) is 0 Å². The number of likely N-dealkylation sites (tertiary alicyclic amines) is 1. The fraction of sp³-hybridized carbons (Fsp3) is 0.368. The van der Waals surface area contributed by atoms with Gasteiger partial charge in [-0.2, -0.15) is 0 Å². The predicted molar refractivity (Wildman–Crippen MR) is 104 cm³/mol. The number of benzene rings is 1. The Bertz CT molecular complexity index is 813. The Hall–Kier alpha value is -2.12. The van der Waals surface area contributed by atoms with E-state index in [-0.39, 0.29) is 16.6 Å². The highest BCUT2D eigenvalue weighted by Gasteiger charge is 2.31. The van der Waals surface area contributed by atoms with Crippen molar-refractivity contribution in [3.05, 3.63) is 52.8 Å². The van der Waals surface area contributed by atoms with E-state index in [1.165, 1.54) is 18.0 Å². The smallest absolute Gasteiger partial charge is 0.359 e. The molecule has 1 saturated heterocycles. The molecule has 1 aliphatic heterocycles. The third-order valence-corrected chi connectivity index (χ3v) is 5.16. The molecule has 0 bridgehead atoms. The Morgan fingerprint density at radius 3 is 2.56 bits per heavy atom. The molecule has 1 aliphatic rings. The number of aromatic nitrogens is 2. The van der Waals surface area contributed by atoms with Gasteiger partial charge in [-0.05, 0) is 25.5 Å². The number of hydrogen-bond acceptors (Lipinski definition) is 6. The molecule has 0 saturated carbocycles. The summed E-state index contributed by atoms with van der Waals surface area (Å²) in [4.78, 5) is 35.7. The van der Waals surface area contributed by atoms with Gasteiger partial charge in [0.1, 0.15) is 0 Å². The van der Waals surface area contributed by atoms with Gasteiger partial charge in [0.15, 0.2) is 10.9 Å². The van der Waals surface area contributed by atoms with Crippen LogP contribution in [0.25, 0.3) is 0 Å². The fourth-order valence-electron chi connectivity index (χ4n) is 2.92. The van der Waals surface area contributed by atoms with Gasteiger partial charge in [0.2, 0.25) is 6.10 Å². The van der Waals surface area contributed by atoms with E-state index in [9.17, 15) is 9.59 Å². The minimum absolute atomic E-state index is 0.0385. The lowest BCUT2D eigenvalue weighted by atomic mass is 10.1. The lowest BCUT2D eigenvalue weighted by molar-refractivity contribution is -0.142. The molecule has 0 radical (unpaired) electrons. The molecular weight excluding hydrogens is 386 g/mol. The number of piperidine rings is 1. The third-order valence-electron chi connectivity index (χ3n) is 4.32. The zero-order valence-electron chi connectivity index (χ0n) is 14.9. The second-order valence-electron chi connectivity index (χ2n) is 6.14. The molecule has 2 aromatic rings. The summed E-state index contributed by atoms with van der Waals surface area (Å²) in [5.41, 5.74) is 0.583. The zero-order chi connectivity index (χ0) is 19.2. The van der Waals surface area contributed by atoms with Crippen LogP contribution < -0.4 is 0 Å². The maximum Gasteiger partial charge on any atom is 0.359 e. The number of hydrogen-bond donors (Lipinski definition) is 0. The predicted octanol–water partition coefficient (Wildman–Crippen LogP) is 3.76. The number of nitrogens with zero attached hydrogens (tertiary/aromatic N) is 3. The van der Waals surface area contributed by atoms with E-state index < -0.39 is 12.1 Å². The van der Waals surface area contributed by atoms with Crippen molar-refractivity contribution in [2.75, 3.05) is 19.3 Å². The van der Waals surface area contributed by atoms with E-state index in [1.807, 2.05) is 18.2 Å². The van der Waals surface area contributed by atoms with Crippen LogP contribution in [0.3, 0.4) is 0 Å². The minimum Gasteiger partial charge on any atom is -0.443 e. The quantitative estimate of drug-likeness (QED) is 0.428. The largest absolute Gasteiger partial charge is 0.443 e. The molecule has 27 heavy (non-hydrogen) atoms. The van der Waals surface area contributed by atoms with Crippen molar-refractivity contribution in [1.82, 2.24) is 14.9 Å². The van der Waals surface area contributed by atoms with Crippen LogP contribution in [0.1, 0.15) is 41.4 Å². The molecular formula is C19H20ClN3O3S. The summed E-state index contributed by atoms with van der Waals surface area (Å²) in [6.45, 7) is 1.34. The lowest BCUT2D eigenvalue weighted by Gasteiger charge is -2.30. The fourth-order valence-corrected chi connectivity index (χ4v) is 3.43. The van der Waals surface area contributed by atoms with Gasteiger partial charge in [-0.15, -0.1) is 0 Å². The summed E-state index contributed by atoms with van der Waals surface area (Å²) in [5.74, 6) is -0.957. The number of halogens is 1. The Balaban J connectivity index is 1.87. The van der Waals surface area contributed by atoms with Gasteiger partial charge in [0.25, 0.3) is 5.91 Å². The van der Waals surface area contributed by atoms with Crippen LogP contribution in [-0.2, 0) is 9.53 Å². The normalized spacial score (nSPS) is 15.3. The summed E-state index contributed by atoms with van der Waals surface area (Å²) < 4.78 is 5.60. The van der Waals surface area contributed by atoms with Gasteiger partial charge in [-0.3, -0.25) is 4.79 Å². The highest BCUT2D eigenvalue weighted by molar-refractivity contribution is 7.98. The first kappa shape index (κ1) is 19.6. The number of carbonyl (C=O) groups is 2. The third kappa shape index (κ3) is 4.78. The second-order valence-corrected chi connectivity index (χ2v) is 7.32. The molecule has 1 amide bonds. The topological polar surface area (TPSA) is 72.4 Å². The number of carbonyl (C=O) groups excluding carboxylic acids is 2. The second kappa shape index (κ2) is 9.19. The van der Waals surface area contributed by atoms with Crippen LogP contribution in [0.2, 0.25) is 5.02 Å². The highest BCUT2D eigenvalue weighted by atomic mass is 35.5. The first-order valence-corrected chi connectivity index (χ1v) is 10.3. The van der Waals surface area contributed by atoms with Gasteiger partial charge < -0.3 is 9.64 Å². The SMILES string of the molecule is CSc1ncc(Cl)c(C(=O)O[C@@H](C(=O)N2CCCCC2)c2ccccc2)n1. The van der Waals surface area contributed by atoms with E-state index in [0.29, 0.717) is 23.8 Å². The summed E-state index contributed by atoms with van der Waals surface area (Å²) in [6.07, 6.45) is 5.14. The average molecular weight is 406 g/mol. The maximum atomic E-state index is 13.1. The molecule has 0 spiro atoms. The Morgan fingerprint density at radius 1 is 1.19 bits per heavy atom. The molecule has 1 aromatic carbocycles. The summed E-state index contributed by atoms with van der Waals surface area (Å²) in [5, 5.41) is 0.500. The average Bonchev–Trinajstić information content (AvgIpc) is 2.73. The van der Waals surface area contributed by atoms with Crippen LogP contribution in [0, 0.1) is 0 Å². The van der Waals surface area contributed by atoms with Crippen LogP contribution in [0.4, 0.5) is 0 Å². The molecule has 0 aliphatic carbocycles. The standard InChI is InChI=1S/C19H20ClN3O3S/c1-27-19-21-12-14(20)15(22-19)18(25)26-16(13-8-4-2-5-9-13)17(24)23-10-6-3-7-11-23/h2,4-5,8-9,12,16H,3,6-7,10-11H2,1H3/t16-/m1/s1. The molecule has 0 unspecified atom stereocenters. The Morgan fingerprint density at radius 2 is 1.89 bits per heavy atom.